The highest BCUT2D eigenvalue weighted by molar-refractivity contribution is 5.97. The molecule has 0 spiro atoms. The lowest BCUT2D eigenvalue weighted by Crippen LogP contribution is -2.28. The minimum atomic E-state index is -4.51. The molecule has 2 heterocycles. The van der Waals surface area contributed by atoms with Gasteiger partial charge in [-0.1, -0.05) is 13.0 Å². The van der Waals surface area contributed by atoms with E-state index in [0.29, 0.717) is 18.8 Å². The van der Waals surface area contributed by atoms with Crippen LogP contribution in [0.2, 0.25) is 0 Å². The van der Waals surface area contributed by atoms with Gasteiger partial charge in [0.05, 0.1) is 23.4 Å². The summed E-state index contributed by atoms with van der Waals surface area (Å²) in [5.74, 6) is -1.38. The van der Waals surface area contributed by atoms with Gasteiger partial charge in [0.1, 0.15) is 6.54 Å². The Morgan fingerprint density at radius 1 is 1.23 bits per heavy atom. The van der Waals surface area contributed by atoms with E-state index in [2.05, 4.69) is 15.7 Å². The first-order valence-corrected chi connectivity index (χ1v) is 9.74. The average molecular weight is 437 g/mol. The highest BCUT2D eigenvalue weighted by Crippen LogP contribution is 2.30. The predicted octanol–water partition coefficient (Wildman–Crippen LogP) is 2.74. The fraction of sp³-hybridized carbons (Fsp3) is 0.400. The molecule has 8 nitrogen and oxygen atoms in total. The third-order valence-corrected chi connectivity index (χ3v) is 4.76. The van der Waals surface area contributed by atoms with Crippen molar-refractivity contribution in [1.82, 2.24) is 14.7 Å². The third kappa shape index (κ3) is 5.83. The Morgan fingerprint density at radius 2 is 2.00 bits per heavy atom. The molecule has 11 heteroatoms. The van der Waals surface area contributed by atoms with Gasteiger partial charge in [0.25, 0.3) is 0 Å². The van der Waals surface area contributed by atoms with Crippen LogP contribution in [0, 0.1) is 5.92 Å². The van der Waals surface area contributed by atoms with Gasteiger partial charge in [-0.2, -0.15) is 18.3 Å². The fourth-order valence-electron chi connectivity index (χ4n) is 3.31. The van der Waals surface area contributed by atoms with Crippen molar-refractivity contribution in [2.75, 3.05) is 23.7 Å². The van der Waals surface area contributed by atoms with E-state index in [1.165, 1.54) is 29.2 Å². The van der Waals surface area contributed by atoms with Crippen LogP contribution < -0.4 is 10.6 Å². The molecule has 3 amide bonds. The largest absolute Gasteiger partial charge is 0.416 e. The van der Waals surface area contributed by atoms with E-state index in [-0.39, 0.29) is 30.5 Å². The Hall–Kier alpha value is -3.37. The summed E-state index contributed by atoms with van der Waals surface area (Å²) < 4.78 is 39.6. The number of anilines is 2. The smallest absolute Gasteiger partial charge is 0.342 e. The molecule has 31 heavy (non-hydrogen) atoms. The number of alkyl halides is 3. The highest BCUT2D eigenvalue weighted by atomic mass is 19.4. The van der Waals surface area contributed by atoms with Crippen molar-refractivity contribution in [2.45, 2.75) is 32.5 Å². The Labute approximate surface area is 176 Å². The molecule has 0 unspecified atom stereocenters. The summed E-state index contributed by atoms with van der Waals surface area (Å²) in [7, 11) is 0. The Kier molecular flexibility index (Phi) is 6.62. The zero-order chi connectivity index (χ0) is 22.6. The number of halogens is 3. The highest BCUT2D eigenvalue weighted by Gasteiger charge is 2.34. The van der Waals surface area contributed by atoms with Crippen molar-refractivity contribution in [1.29, 1.82) is 0 Å². The molecular weight excluding hydrogens is 415 g/mol. The van der Waals surface area contributed by atoms with Crippen LogP contribution in [-0.4, -0.2) is 45.5 Å². The number of hydrogen-bond donors (Lipinski definition) is 2. The van der Waals surface area contributed by atoms with E-state index in [1.54, 1.807) is 4.90 Å². The van der Waals surface area contributed by atoms with E-state index in [4.69, 9.17) is 0 Å². The predicted molar refractivity (Wildman–Crippen MR) is 106 cm³/mol. The number of rotatable bonds is 7. The summed E-state index contributed by atoms with van der Waals surface area (Å²) in [6.07, 6.45) is -0.748. The van der Waals surface area contributed by atoms with Gasteiger partial charge in [-0.3, -0.25) is 19.1 Å². The topological polar surface area (TPSA) is 96.3 Å². The standard InChI is InChI=1S/C20H22F3N5O3/c1-2-6-27-10-13(7-18(27)30)19(31)26-16-9-24-28(11-16)12-17(29)25-15-5-3-4-14(8-15)20(21,22)23/h3-5,8-9,11,13H,2,6-7,10,12H2,1H3,(H,25,29)(H,26,31)/t13-/m1/s1. The molecule has 1 saturated heterocycles. The number of amides is 3. The molecule has 3 rings (SSSR count). The van der Waals surface area contributed by atoms with Gasteiger partial charge in [0.15, 0.2) is 0 Å². The number of carbonyl (C=O) groups excluding carboxylic acids is 3. The lowest BCUT2D eigenvalue weighted by molar-refractivity contribution is -0.137. The number of nitrogens with one attached hydrogen (secondary N) is 2. The van der Waals surface area contributed by atoms with E-state index in [1.807, 2.05) is 6.92 Å². The lowest BCUT2D eigenvalue weighted by Gasteiger charge is -2.14. The summed E-state index contributed by atoms with van der Waals surface area (Å²) in [5.41, 5.74) is -0.487. The molecule has 0 bridgehead atoms. The summed E-state index contributed by atoms with van der Waals surface area (Å²) in [6.45, 7) is 2.68. The van der Waals surface area contributed by atoms with Gasteiger partial charge in [0, 0.05) is 31.4 Å². The van der Waals surface area contributed by atoms with Crippen LogP contribution in [0.3, 0.4) is 0 Å². The average Bonchev–Trinajstić information content (AvgIpc) is 3.28. The molecule has 1 fully saturated rings. The lowest BCUT2D eigenvalue weighted by atomic mass is 10.1. The van der Waals surface area contributed by atoms with Crippen molar-refractivity contribution < 1.29 is 27.6 Å². The first-order valence-electron chi connectivity index (χ1n) is 9.74. The molecule has 1 aromatic carbocycles. The minimum absolute atomic E-state index is 0.0167. The molecule has 2 aromatic rings. The molecule has 2 N–H and O–H groups in total. The van der Waals surface area contributed by atoms with Gasteiger partial charge in [-0.15, -0.1) is 0 Å². The van der Waals surface area contributed by atoms with E-state index in [9.17, 15) is 27.6 Å². The number of benzene rings is 1. The second-order valence-electron chi connectivity index (χ2n) is 7.28. The molecule has 1 aromatic heterocycles. The van der Waals surface area contributed by atoms with E-state index >= 15 is 0 Å². The van der Waals surface area contributed by atoms with Crippen molar-refractivity contribution >= 4 is 29.1 Å². The maximum Gasteiger partial charge on any atom is 0.416 e. The number of aromatic nitrogens is 2. The fourth-order valence-corrected chi connectivity index (χ4v) is 3.31. The first-order chi connectivity index (χ1) is 14.7. The Bertz CT molecular complexity index is 973. The quantitative estimate of drug-likeness (QED) is 0.696. The van der Waals surface area contributed by atoms with Gasteiger partial charge in [-0.25, -0.2) is 0 Å². The van der Waals surface area contributed by atoms with Crippen LogP contribution in [0.1, 0.15) is 25.3 Å². The zero-order valence-electron chi connectivity index (χ0n) is 16.8. The summed E-state index contributed by atoms with van der Waals surface area (Å²) in [4.78, 5) is 38.1. The number of hydrogen-bond acceptors (Lipinski definition) is 4. The van der Waals surface area contributed by atoms with E-state index in [0.717, 1.165) is 18.6 Å². The van der Waals surface area contributed by atoms with Gasteiger partial charge < -0.3 is 15.5 Å². The molecule has 1 aliphatic heterocycles. The normalized spacial score (nSPS) is 16.5. The zero-order valence-corrected chi connectivity index (χ0v) is 16.8. The van der Waals surface area contributed by atoms with E-state index < -0.39 is 23.6 Å². The Morgan fingerprint density at radius 3 is 2.71 bits per heavy atom. The molecule has 0 saturated carbocycles. The van der Waals surface area contributed by atoms with Gasteiger partial charge >= 0.3 is 6.18 Å². The van der Waals surface area contributed by atoms with Crippen LogP contribution in [0.25, 0.3) is 0 Å². The van der Waals surface area contributed by atoms with Crippen molar-refractivity contribution in [3.63, 3.8) is 0 Å². The second-order valence-corrected chi connectivity index (χ2v) is 7.28. The maximum absolute atomic E-state index is 12.8. The monoisotopic (exact) mass is 437 g/mol. The second kappa shape index (κ2) is 9.19. The van der Waals surface area contributed by atoms with Gasteiger partial charge in [-0.05, 0) is 24.6 Å². The number of likely N-dealkylation sites (tertiary alicyclic amines) is 1. The molecule has 166 valence electrons. The molecule has 0 radical (unpaired) electrons. The summed E-state index contributed by atoms with van der Waals surface area (Å²) in [6, 6.07) is 4.32. The Balaban J connectivity index is 1.54. The SMILES string of the molecule is CCCN1C[C@H](C(=O)Nc2cnn(CC(=O)Nc3cccc(C(F)(F)F)c3)c2)CC1=O. The van der Waals surface area contributed by atoms with Crippen molar-refractivity contribution in [3.05, 3.63) is 42.2 Å². The molecule has 1 atom stereocenters. The minimum Gasteiger partial charge on any atom is -0.342 e. The maximum atomic E-state index is 12.8. The van der Waals surface area contributed by atoms with Crippen molar-refractivity contribution in [3.8, 4) is 0 Å². The third-order valence-electron chi connectivity index (χ3n) is 4.76. The van der Waals surface area contributed by atoms with Crippen LogP contribution in [-0.2, 0) is 27.1 Å². The molecule has 1 aliphatic rings. The molecular formula is C20H22F3N5O3. The van der Waals surface area contributed by atoms with Crippen molar-refractivity contribution in [2.24, 2.45) is 5.92 Å². The van der Waals surface area contributed by atoms with Crippen LogP contribution in [0.15, 0.2) is 36.7 Å². The van der Waals surface area contributed by atoms with Gasteiger partial charge in [0.2, 0.25) is 17.7 Å². The number of nitrogens with zero attached hydrogens (tertiary/aromatic N) is 3. The number of carbonyl (C=O) groups is 3. The molecule has 0 aliphatic carbocycles. The summed E-state index contributed by atoms with van der Waals surface area (Å²) in [5, 5.41) is 9.04. The van der Waals surface area contributed by atoms with Crippen LogP contribution in [0.5, 0.6) is 0 Å². The van der Waals surface area contributed by atoms with Crippen LogP contribution in [0.4, 0.5) is 24.5 Å². The summed E-state index contributed by atoms with van der Waals surface area (Å²) >= 11 is 0. The van der Waals surface area contributed by atoms with Crippen LogP contribution >= 0.6 is 0 Å². The first kappa shape index (κ1) is 22.3.